The molecule has 12 heteroatoms. The van der Waals surface area contributed by atoms with E-state index >= 15 is 0 Å². The maximum Gasteiger partial charge on any atom is 0.172 e. The summed E-state index contributed by atoms with van der Waals surface area (Å²) in [4.78, 5) is 16.7. The molecular weight excluding hydrogens is 706 g/mol. The van der Waals surface area contributed by atoms with Gasteiger partial charge in [0.15, 0.2) is 5.79 Å². The second-order valence-corrected chi connectivity index (χ2v) is 18.5. The van der Waals surface area contributed by atoms with Crippen LogP contribution in [0.4, 0.5) is 0 Å². The van der Waals surface area contributed by atoms with Crippen LogP contribution in [0.15, 0.2) is 24.3 Å². The van der Waals surface area contributed by atoms with Gasteiger partial charge in [-0.05, 0) is 68.4 Å². The van der Waals surface area contributed by atoms with Gasteiger partial charge in [-0.2, -0.15) is 0 Å². The SMILES string of the molecule is C=C1C[C@@H]2CC[C@@]34C[C@H]5O[C@H]6[C@@H](O3)[C@H]3O[C@H](CC[C@@H]3O[C@H]6[C@H]5O4)CC(=O)C[C@@H]3[C@@H](OC)[C@@H](CCN4CCOCC4)O[C@H]3C[C@H]3O[C@@H](CC[C@@H]1O2)C[C@@H](C)C3=C. The minimum atomic E-state index is -0.762. The van der Waals surface area contributed by atoms with Crippen LogP contribution in [-0.2, 0) is 52.2 Å². The summed E-state index contributed by atoms with van der Waals surface area (Å²) in [5.74, 6) is -0.355. The Bertz CT molecular complexity index is 1450. The van der Waals surface area contributed by atoms with Crippen LogP contribution >= 0.6 is 0 Å². The van der Waals surface area contributed by atoms with Crippen molar-refractivity contribution in [2.45, 2.75) is 188 Å². The van der Waals surface area contributed by atoms with Crippen LogP contribution < -0.4 is 0 Å². The van der Waals surface area contributed by atoms with Crippen molar-refractivity contribution in [3.63, 3.8) is 0 Å². The Balaban J connectivity index is 0.914. The molecule has 11 heterocycles. The molecule has 0 N–H and O–H groups in total. The number of methoxy groups -OCH3 is 1. The molecule has 12 nitrogen and oxygen atoms in total. The number of Topliss-reactive ketones (excluding diaryl/α,β-unsaturated/α-hetero) is 1. The van der Waals surface area contributed by atoms with E-state index in [-0.39, 0.29) is 103 Å². The summed E-state index contributed by atoms with van der Waals surface area (Å²) < 4.78 is 66.5. The van der Waals surface area contributed by atoms with Gasteiger partial charge in [-0.15, -0.1) is 0 Å². The van der Waals surface area contributed by atoms with Crippen molar-refractivity contribution >= 4 is 5.78 Å². The first-order chi connectivity index (χ1) is 26.7. The van der Waals surface area contributed by atoms with E-state index in [9.17, 15) is 4.79 Å². The second-order valence-electron chi connectivity index (χ2n) is 18.5. The molecule has 0 radical (unpaired) electrons. The Morgan fingerprint density at radius 2 is 1.51 bits per heavy atom. The van der Waals surface area contributed by atoms with Crippen LogP contribution in [-0.4, -0.2) is 148 Å². The van der Waals surface area contributed by atoms with Crippen LogP contribution in [0.25, 0.3) is 0 Å². The Kier molecular flexibility index (Phi) is 10.6. The summed E-state index contributed by atoms with van der Waals surface area (Å²) >= 11 is 0. The number of nitrogens with zero attached hydrogens (tertiary/aromatic N) is 1. The van der Waals surface area contributed by atoms with E-state index < -0.39 is 5.79 Å². The third kappa shape index (κ3) is 7.25. The van der Waals surface area contributed by atoms with Crippen molar-refractivity contribution in [2.75, 3.05) is 40.0 Å². The van der Waals surface area contributed by atoms with E-state index in [0.29, 0.717) is 31.6 Å². The average molecular weight is 770 g/mol. The van der Waals surface area contributed by atoms with Crippen molar-refractivity contribution in [3.05, 3.63) is 24.3 Å². The number of fused-ring (bicyclic) bond motifs is 6. The van der Waals surface area contributed by atoms with Crippen LogP contribution in [0.1, 0.15) is 90.4 Å². The fraction of sp³-hybridized carbons (Fsp3) is 0.884. The highest BCUT2D eigenvalue weighted by atomic mass is 16.8. The van der Waals surface area contributed by atoms with Crippen molar-refractivity contribution in [1.82, 2.24) is 4.90 Å². The molecule has 0 aliphatic carbocycles. The van der Waals surface area contributed by atoms with Gasteiger partial charge in [0, 0.05) is 64.8 Å². The van der Waals surface area contributed by atoms with E-state index in [1.54, 1.807) is 7.11 Å². The maximum atomic E-state index is 14.2. The van der Waals surface area contributed by atoms with Crippen molar-refractivity contribution in [3.8, 4) is 0 Å². The zero-order valence-electron chi connectivity index (χ0n) is 32.9. The molecule has 0 aromatic heterocycles. The van der Waals surface area contributed by atoms with Gasteiger partial charge in [-0.3, -0.25) is 9.69 Å². The summed E-state index contributed by atoms with van der Waals surface area (Å²) in [5.41, 5.74) is 2.28. The van der Waals surface area contributed by atoms with Gasteiger partial charge in [0.2, 0.25) is 0 Å². The lowest BCUT2D eigenvalue weighted by Gasteiger charge is -2.47. The van der Waals surface area contributed by atoms with Gasteiger partial charge in [0.25, 0.3) is 0 Å². The first-order valence-electron chi connectivity index (χ1n) is 21.7. The quantitative estimate of drug-likeness (QED) is 0.377. The zero-order valence-corrected chi connectivity index (χ0v) is 32.9. The number of carbonyl (C=O) groups excluding carboxylic acids is 1. The summed E-state index contributed by atoms with van der Waals surface area (Å²) in [7, 11) is 1.77. The molecule has 11 aliphatic rings. The minimum Gasteiger partial charge on any atom is -0.379 e. The Labute approximate surface area is 326 Å². The molecule has 0 aromatic carbocycles. The molecular formula is C43H63NO11. The predicted octanol–water partition coefficient (Wildman–Crippen LogP) is 4.45. The summed E-state index contributed by atoms with van der Waals surface area (Å²) in [6, 6.07) is 0. The minimum absolute atomic E-state index is 0.00970. The summed E-state index contributed by atoms with van der Waals surface area (Å²) in [6.45, 7) is 15.6. The topological polar surface area (TPSA) is 113 Å². The zero-order chi connectivity index (χ0) is 37.4. The highest BCUT2D eigenvalue weighted by Crippen LogP contribution is 2.54. The number of carbonyl (C=O) groups is 1. The molecule has 0 unspecified atom stereocenters. The van der Waals surface area contributed by atoms with E-state index in [4.69, 9.17) is 47.4 Å². The highest BCUT2D eigenvalue weighted by Gasteiger charge is 2.68. The number of morpholine rings is 1. The Morgan fingerprint density at radius 3 is 2.36 bits per heavy atom. The van der Waals surface area contributed by atoms with E-state index in [2.05, 4.69) is 25.0 Å². The second kappa shape index (κ2) is 15.4. The first kappa shape index (κ1) is 37.9. The van der Waals surface area contributed by atoms with Gasteiger partial charge >= 0.3 is 0 Å². The third-order valence-electron chi connectivity index (χ3n) is 15.0. The van der Waals surface area contributed by atoms with Crippen LogP contribution in [0.2, 0.25) is 0 Å². The number of rotatable bonds is 4. The number of ether oxygens (including phenoxy) is 10. The van der Waals surface area contributed by atoms with Crippen LogP contribution in [0, 0.1) is 11.8 Å². The predicted molar refractivity (Wildman–Crippen MR) is 198 cm³/mol. The molecule has 1 spiro atoms. The number of hydrogen-bond acceptors (Lipinski definition) is 12. The molecule has 0 aromatic rings. The van der Waals surface area contributed by atoms with Gasteiger partial charge in [-0.25, -0.2) is 0 Å². The third-order valence-corrected chi connectivity index (χ3v) is 15.0. The molecule has 306 valence electrons. The van der Waals surface area contributed by atoms with Crippen LogP contribution in [0.5, 0.6) is 0 Å². The molecule has 0 saturated carbocycles. The monoisotopic (exact) mass is 769 g/mol. The Hall–Kier alpha value is -1.29. The lowest BCUT2D eigenvalue weighted by Crippen LogP contribution is -2.61. The fourth-order valence-corrected chi connectivity index (χ4v) is 12.1. The largest absolute Gasteiger partial charge is 0.379 e. The first-order valence-corrected chi connectivity index (χ1v) is 21.7. The van der Waals surface area contributed by atoms with E-state index in [1.165, 1.54) is 0 Å². The Morgan fingerprint density at radius 1 is 0.745 bits per heavy atom. The lowest BCUT2D eigenvalue weighted by atomic mass is 9.81. The highest BCUT2D eigenvalue weighted by molar-refractivity contribution is 5.79. The van der Waals surface area contributed by atoms with Crippen molar-refractivity contribution in [1.29, 1.82) is 0 Å². The van der Waals surface area contributed by atoms with E-state index in [1.807, 2.05) is 0 Å². The average Bonchev–Trinajstić information content (AvgIpc) is 3.86. The number of ketones is 1. The normalized spacial score (nSPS) is 51.6. The molecule has 11 fully saturated rings. The van der Waals surface area contributed by atoms with E-state index in [0.717, 1.165) is 102 Å². The summed E-state index contributed by atoms with van der Waals surface area (Å²) in [6.07, 6.45) is 7.53. The molecule has 11 aliphatic heterocycles. The molecule has 0 amide bonds. The lowest BCUT2D eigenvalue weighted by molar-refractivity contribution is -0.292. The molecule has 11 saturated heterocycles. The van der Waals surface area contributed by atoms with Gasteiger partial charge in [0.1, 0.15) is 36.3 Å². The molecule has 11 rings (SSSR count). The maximum absolute atomic E-state index is 14.2. The number of hydrogen-bond donors (Lipinski definition) is 0. The molecule has 55 heavy (non-hydrogen) atoms. The molecule has 12 bridgehead atoms. The summed E-state index contributed by atoms with van der Waals surface area (Å²) in [5, 5.41) is 0. The van der Waals surface area contributed by atoms with Crippen LogP contribution in [0.3, 0.4) is 0 Å². The smallest absolute Gasteiger partial charge is 0.172 e. The standard InChI is InChI=1S/C43H63NO11/c1-23-17-27-5-7-31-24(2)18-29(48-31)9-11-43-22-36-39(54-43)40-41(53-36)42(55-43)38-32(52-40)8-6-28(50-38)19-26(45)20-30-35(21-34(49-27)25(23)3)51-33(37(30)46-4)10-12-44-13-15-47-16-14-44/h23,27-42H,2-3,5-22H2,1,4H3/t23-,27+,28-,29+,30+,31+,32+,33-,34-,35+,36-,37-,38+,39+,40+,41-,42+,43+/m1/s1. The van der Waals surface area contributed by atoms with Crippen molar-refractivity contribution < 1.29 is 52.2 Å². The van der Waals surface area contributed by atoms with Gasteiger partial charge in [0.05, 0.1) is 74.3 Å². The van der Waals surface area contributed by atoms with Gasteiger partial charge < -0.3 is 47.4 Å². The fourth-order valence-electron chi connectivity index (χ4n) is 12.1. The molecule has 18 atom stereocenters. The van der Waals surface area contributed by atoms with Crippen molar-refractivity contribution in [2.24, 2.45) is 11.8 Å². The van der Waals surface area contributed by atoms with Gasteiger partial charge in [-0.1, -0.05) is 20.1 Å².